The Morgan fingerprint density at radius 1 is 1.25 bits per heavy atom. The molecule has 0 bridgehead atoms. The average Bonchev–Trinajstić information content (AvgIpc) is 2.30. The lowest BCUT2D eigenvalue weighted by molar-refractivity contribution is -0.156. The maximum absolute atomic E-state index is 13.4. The average molecular weight is 285 g/mol. The minimum Gasteiger partial charge on any atom is -0.458 e. The smallest absolute Gasteiger partial charge is 0.328 e. The van der Waals surface area contributed by atoms with Gasteiger partial charge in [0.15, 0.2) is 11.6 Å². The number of amides is 1. The second-order valence-corrected chi connectivity index (χ2v) is 5.33. The van der Waals surface area contributed by atoms with Gasteiger partial charge in [-0.1, -0.05) is 6.07 Å². The highest BCUT2D eigenvalue weighted by Crippen LogP contribution is 2.12. The van der Waals surface area contributed by atoms with Gasteiger partial charge in [0, 0.05) is 0 Å². The summed E-state index contributed by atoms with van der Waals surface area (Å²) in [4.78, 5) is 23.4. The third-order valence-electron chi connectivity index (χ3n) is 2.30. The Hall–Kier alpha value is -1.98. The van der Waals surface area contributed by atoms with Crippen LogP contribution in [0, 0.1) is 11.6 Å². The summed E-state index contributed by atoms with van der Waals surface area (Å²) in [6.45, 7) is 6.46. The molecule has 0 spiro atoms. The van der Waals surface area contributed by atoms with Crippen molar-refractivity contribution in [3.05, 3.63) is 35.4 Å². The van der Waals surface area contributed by atoms with Gasteiger partial charge < -0.3 is 10.1 Å². The molecule has 110 valence electrons. The van der Waals surface area contributed by atoms with Gasteiger partial charge in [0.05, 0.1) is 5.56 Å². The second-order valence-electron chi connectivity index (χ2n) is 5.33. The van der Waals surface area contributed by atoms with Gasteiger partial charge in [-0.2, -0.15) is 0 Å². The van der Waals surface area contributed by atoms with Crippen LogP contribution >= 0.6 is 0 Å². The monoisotopic (exact) mass is 285 g/mol. The number of carbonyl (C=O) groups is 2. The van der Waals surface area contributed by atoms with Crippen molar-refractivity contribution >= 4 is 11.9 Å². The van der Waals surface area contributed by atoms with Crippen LogP contribution < -0.4 is 5.32 Å². The number of ether oxygens (including phenoxy) is 1. The predicted molar refractivity (Wildman–Crippen MR) is 69.1 cm³/mol. The zero-order chi connectivity index (χ0) is 15.5. The van der Waals surface area contributed by atoms with E-state index in [1.165, 1.54) is 13.0 Å². The number of halogens is 2. The first-order valence-corrected chi connectivity index (χ1v) is 6.09. The maximum atomic E-state index is 13.4. The molecular formula is C14H17F2NO3. The Morgan fingerprint density at radius 3 is 2.40 bits per heavy atom. The van der Waals surface area contributed by atoms with Crippen molar-refractivity contribution in [1.29, 1.82) is 0 Å². The Labute approximate surface area is 116 Å². The molecule has 0 fully saturated rings. The largest absolute Gasteiger partial charge is 0.458 e. The van der Waals surface area contributed by atoms with E-state index in [1.54, 1.807) is 20.8 Å². The summed E-state index contributed by atoms with van der Waals surface area (Å²) in [6.07, 6.45) is 0. The van der Waals surface area contributed by atoms with Gasteiger partial charge >= 0.3 is 5.97 Å². The molecule has 0 unspecified atom stereocenters. The molecule has 0 aliphatic rings. The van der Waals surface area contributed by atoms with Crippen LogP contribution in [-0.2, 0) is 9.53 Å². The molecule has 0 aliphatic carbocycles. The summed E-state index contributed by atoms with van der Waals surface area (Å²) < 4.78 is 31.5. The molecule has 0 heterocycles. The molecule has 0 saturated carbocycles. The van der Waals surface area contributed by atoms with E-state index >= 15 is 0 Å². The first kappa shape index (κ1) is 16.1. The van der Waals surface area contributed by atoms with Gasteiger partial charge in [-0.15, -0.1) is 0 Å². The van der Waals surface area contributed by atoms with Crippen LogP contribution in [-0.4, -0.2) is 23.5 Å². The van der Waals surface area contributed by atoms with Gasteiger partial charge in [0.2, 0.25) is 0 Å². The van der Waals surface area contributed by atoms with E-state index in [9.17, 15) is 18.4 Å². The lowest BCUT2D eigenvalue weighted by Gasteiger charge is -2.22. The van der Waals surface area contributed by atoms with Crippen LogP contribution in [0.15, 0.2) is 18.2 Å². The van der Waals surface area contributed by atoms with Crippen LogP contribution in [0.4, 0.5) is 8.78 Å². The third-order valence-corrected chi connectivity index (χ3v) is 2.30. The Bertz CT molecular complexity index is 524. The molecule has 0 radical (unpaired) electrons. The molecular weight excluding hydrogens is 268 g/mol. The highest BCUT2D eigenvalue weighted by molar-refractivity contribution is 5.96. The van der Waals surface area contributed by atoms with Gasteiger partial charge in [-0.3, -0.25) is 4.79 Å². The van der Waals surface area contributed by atoms with Gasteiger partial charge in [0.25, 0.3) is 5.91 Å². The number of nitrogens with one attached hydrogen (secondary N) is 1. The van der Waals surface area contributed by atoms with E-state index in [2.05, 4.69) is 5.32 Å². The molecule has 6 heteroatoms. The zero-order valence-electron chi connectivity index (χ0n) is 11.8. The maximum Gasteiger partial charge on any atom is 0.328 e. The normalized spacial score (nSPS) is 12.7. The van der Waals surface area contributed by atoms with E-state index in [0.29, 0.717) is 0 Å². The highest BCUT2D eigenvalue weighted by Gasteiger charge is 2.24. The van der Waals surface area contributed by atoms with E-state index in [4.69, 9.17) is 4.74 Å². The molecule has 0 aliphatic heterocycles. The van der Waals surface area contributed by atoms with Crippen LogP contribution in [0.1, 0.15) is 38.1 Å². The Morgan fingerprint density at radius 2 is 1.85 bits per heavy atom. The number of hydrogen-bond donors (Lipinski definition) is 1. The molecule has 0 aromatic heterocycles. The first-order chi connectivity index (χ1) is 9.11. The summed E-state index contributed by atoms with van der Waals surface area (Å²) in [6, 6.07) is 2.29. The summed E-state index contributed by atoms with van der Waals surface area (Å²) >= 11 is 0. The number of esters is 1. The lowest BCUT2D eigenvalue weighted by atomic mass is 10.1. The predicted octanol–water partition coefficient (Wildman–Crippen LogP) is 2.42. The molecule has 4 nitrogen and oxygen atoms in total. The third kappa shape index (κ3) is 4.29. The second kappa shape index (κ2) is 5.98. The topological polar surface area (TPSA) is 55.4 Å². The Balaban J connectivity index is 2.76. The number of rotatable bonds is 3. The van der Waals surface area contributed by atoms with Gasteiger partial charge in [-0.25, -0.2) is 13.6 Å². The van der Waals surface area contributed by atoms with Gasteiger partial charge in [-0.05, 0) is 39.8 Å². The Kier molecular flexibility index (Phi) is 4.81. The molecule has 1 rings (SSSR count). The molecule has 20 heavy (non-hydrogen) atoms. The summed E-state index contributed by atoms with van der Waals surface area (Å²) in [7, 11) is 0. The fourth-order valence-electron chi connectivity index (χ4n) is 1.40. The minimum absolute atomic E-state index is 0.458. The van der Waals surface area contributed by atoms with Crippen molar-refractivity contribution in [1.82, 2.24) is 5.32 Å². The molecule has 1 amide bonds. The number of carbonyl (C=O) groups excluding carboxylic acids is 2. The molecule has 1 aromatic carbocycles. The fourth-order valence-corrected chi connectivity index (χ4v) is 1.40. The standard InChI is InChI=1S/C14H17F2NO3/c1-8(13(19)20-14(2,3)4)17-12(18)9-6-5-7-10(15)11(9)16/h5-8H,1-4H3,(H,17,18)/t8-/m0/s1. The van der Waals surface area contributed by atoms with Gasteiger partial charge in [0.1, 0.15) is 11.6 Å². The van der Waals surface area contributed by atoms with Crippen LogP contribution in [0.2, 0.25) is 0 Å². The molecule has 1 atom stereocenters. The van der Waals surface area contributed by atoms with E-state index < -0.39 is 40.7 Å². The zero-order valence-corrected chi connectivity index (χ0v) is 11.8. The van der Waals surface area contributed by atoms with Crippen molar-refractivity contribution in [3.8, 4) is 0 Å². The first-order valence-electron chi connectivity index (χ1n) is 6.09. The highest BCUT2D eigenvalue weighted by atomic mass is 19.2. The van der Waals surface area contributed by atoms with Crippen molar-refractivity contribution in [2.75, 3.05) is 0 Å². The number of hydrogen-bond acceptors (Lipinski definition) is 3. The summed E-state index contributed by atoms with van der Waals surface area (Å²) in [5, 5.41) is 2.27. The van der Waals surface area contributed by atoms with E-state index in [0.717, 1.165) is 12.1 Å². The van der Waals surface area contributed by atoms with Crippen LogP contribution in [0.3, 0.4) is 0 Å². The van der Waals surface area contributed by atoms with Crippen molar-refractivity contribution in [3.63, 3.8) is 0 Å². The quantitative estimate of drug-likeness (QED) is 0.868. The molecule has 1 N–H and O–H groups in total. The summed E-state index contributed by atoms with van der Waals surface area (Å²) in [5.41, 5.74) is -1.15. The van der Waals surface area contributed by atoms with Crippen LogP contribution in [0.5, 0.6) is 0 Å². The lowest BCUT2D eigenvalue weighted by Crippen LogP contribution is -2.42. The molecule has 1 aromatic rings. The summed E-state index contributed by atoms with van der Waals surface area (Å²) in [5.74, 6) is -3.90. The van der Waals surface area contributed by atoms with Crippen molar-refractivity contribution < 1.29 is 23.1 Å². The van der Waals surface area contributed by atoms with Crippen molar-refractivity contribution in [2.45, 2.75) is 39.3 Å². The SMILES string of the molecule is C[C@H](NC(=O)c1cccc(F)c1F)C(=O)OC(C)(C)C. The van der Waals surface area contributed by atoms with Crippen molar-refractivity contribution in [2.24, 2.45) is 0 Å². The van der Waals surface area contributed by atoms with E-state index in [1.807, 2.05) is 0 Å². The minimum atomic E-state index is -1.25. The van der Waals surface area contributed by atoms with Crippen LogP contribution in [0.25, 0.3) is 0 Å². The van der Waals surface area contributed by atoms with E-state index in [-0.39, 0.29) is 0 Å². The molecule has 0 saturated heterocycles. The fraction of sp³-hybridized carbons (Fsp3) is 0.429. The number of benzene rings is 1.